The van der Waals surface area contributed by atoms with E-state index >= 15 is 0 Å². The second-order valence-electron chi connectivity index (χ2n) is 6.86. The van der Waals surface area contributed by atoms with E-state index in [0.29, 0.717) is 12.2 Å². The molecule has 0 aromatic carbocycles. The summed E-state index contributed by atoms with van der Waals surface area (Å²) in [7, 11) is 0. The molecule has 2 nitrogen and oxygen atoms in total. The fourth-order valence-corrected chi connectivity index (χ4v) is 3.10. The number of carbonyl (C=O) groups excluding carboxylic acids is 1. The third kappa shape index (κ3) is 8.04. The molecule has 0 saturated heterocycles. The fraction of sp³-hybridized carbons (Fsp3) is 0.944. The lowest BCUT2D eigenvalue weighted by Crippen LogP contribution is -2.48. The van der Waals surface area contributed by atoms with Gasteiger partial charge in [0.2, 0.25) is 0 Å². The average Bonchev–Trinajstić information content (AvgIpc) is 2.39. The van der Waals surface area contributed by atoms with Crippen molar-refractivity contribution in [1.82, 2.24) is 0 Å². The lowest BCUT2D eigenvalue weighted by Gasteiger charge is -2.37. The Kier molecular flexibility index (Phi) is 9.17. The molecule has 0 bridgehead atoms. The highest BCUT2D eigenvalue weighted by atomic mass is 16.1. The molecule has 0 aromatic rings. The molecule has 0 heterocycles. The van der Waals surface area contributed by atoms with Crippen LogP contribution in [0.1, 0.15) is 103 Å². The maximum atomic E-state index is 11.8. The molecule has 1 rings (SSSR count). The van der Waals surface area contributed by atoms with Crippen LogP contribution in [0.2, 0.25) is 0 Å². The number of hydrogen-bond acceptors (Lipinski definition) is 2. The number of ketones is 1. The summed E-state index contributed by atoms with van der Waals surface area (Å²) in [5, 5.41) is 0. The first kappa shape index (κ1) is 17.7. The number of hydrogen-bond donors (Lipinski definition) is 1. The molecule has 0 amide bonds. The SMILES string of the molecule is CCCCCCCCCCCCC(=O)CC1(N)CCC1. The molecule has 1 fully saturated rings. The van der Waals surface area contributed by atoms with E-state index in [0.717, 1.165) is 25.7 Å². The lowest BCUT2D eigenvalue weighted by molar-refractivity contribution is -0.121. The molecule has 1 saturated carbocycles. The zero-order chi connectivity index (χ0) is 14.7. The van der Waals surface area contributed by atoms with Gasteiger partial charge in [0, 0.05) is 18.4 Å². The van der Waals surface area contributed by atoms with E-state index in [1.54, 1.807) is 0 Å². The Morgan fingerprint density at radius 2 is 1.40 bits per heavy atom. The highest BCUT2D eigenvalue weighted by Gasteiger charge is 2.34. The van der Waals surface area contributed by atoms with Gasteiger partial charge in [-0.2, -0.15) is 0 Å². The van der Waals surface area contributed by atoms with Gasteiger partial charge in [-0.15, -0.1) is 0 Å². The number of carbonyl (C=O) groups is 1. The molecule has 1 aliphatic carbocycles. The Morgan fingerprint density at radius 1 is 0.900 bits per heavy atom. The maximum Gasteiger partial charge on any atom is 0.134 e. The third-order valence-electron chi connectivity index (χ3n) is 4.71. The third-order valence-corrected chi connectivity index (χ3v) is 4.71. The van der Waals surface area contributed by atoms with E-state index in [-0.39, 0.29) is 5.54 Å². The van der Waals surface area contributed by atoms with Gasteiger partial charge in [0.1, 0.15) is 5.78 Å². The van der Waals surface area contributed by atoms with Crippen LogP contribution in [0.15, 0.2) is 0 Å². The van der Waals surface area contributed by atoms with E-state index in [1.807, 2.05) is 0 Å². The van der Waals surface area contributed by atoms with Gasteiger partial charge < -0.3 is 5.73 Å². The second-order valence-corrected chi connectivity index (χ2v) is 6.86. The minimum atomic E-state index is -0.116. The van der Waals surface area contributed by atoms with Crippen molar-refractivity contribution in [2.45, 2.75) is 109 Å². The van der Waals surface area contributed by atoms with Gasteiger partial charge in [0.15, 0.2) is 0 Å². The van der Waals surface area contributed by atoms with E-state index in [9.17, 15) is 4.79 Å². The van der Waals surface area contributed by atoms with Crippen LogP contribution in [0.4, 0.5) is 0 Å². The summed E-state index contributed by atoms with van der Waals surface area (Å²) in [5.74, 6) is 0.395. The number of nitrogens with two attached hydrogens (primary N) is 1. The van der Waals surface area contributed by atoms with Crippen LogP contribution in [-0.4, -0.2) is 11.3 Å². The topological polar surface area (TPSA) is 43.1 Å². The van der Waals surface area contributed by atoms with Crippen LogP contribution in [0.25, 0.3) is 0 Å². The predicted octanol–water partition coefficient (Wildman–Crippen LogP) is 5.14. The smallest absolute Gasteiger partial charge is 0.134 e. The van der Waals surface area contributed by atoms with Gasteiger partial charge in [0.25, 0.3) is 0 Å². The predicted molar refractivity (Wildman–Crippen MR) is 86.9 cm³/mol. The minimum absolute atomic E-state index is 0.116. The van der Waals surface area contributed by atoms with Gasteiger partial charge in [-0.1, -0.05) is 64.7 Å². The summed E-state index contributed by atoms with van der Waals surface area (Å²) in [6, 6.07) is 0. The van der Waals surface area contributed by atoms with E-state index in [1.165, 1.54) is 64.2 Å². The summed E-state index contributed by atoms with van der Waals surface area (Å²) < 4.78 is 0. The van der Waals surface area contributed by atoms with Crippen molar-refractivity contribution in [2.75, 3.05) is 0 Å². The second kappa shape index (κ2) is 10.4. The van der Waals surface area contributed by atoms with Crippen LogP contribution in [0.5, 0.6) is 0 Å². The summed E-state index contributed by atoms with van der Waals surface area (Å²) in [4.78, 5) is 11.8. The molecule has 2 N–H and O–H groups in total. The normalized spacial score (nSPS) is 16.9. The molecule has 0 radical (unpaired) electrons. The molecule has 20 heavy (non-hydrogen) atoms. The first-order chi connectivity index (χ1) is 9.66. The van der Waals surface area contributed by atoms with Crippen LogP contribution in [-0.2, 0) is 4.79 Å². The summed E-state index contributed by atoms with van der Waals surface area (Å²) in [6.07, 6.45) is 18.0. The van der Waals surface area contributed by atoms with Crippen molar-refractivity contribution in [1.29, 1.82) is 0 Å². The van der Waals surface area contributed by atoms with Crippen LogP contribution >= 0.6 is 0 Å². The lowest BCUT2D eigenvalue weighted by atomic mass is 9.74. The van der Waals surface area contributed by atoms with Crippen LogP contribution in [0.3, 0.4) is 0 Å². The Labute approximate surface area is 125 Å². The highest BCUT2D eigenvalue weighted by molar-refractivity contribution is 5.79. The largest absolute Gasteiger partial charge is 0.325 e. The van der Waals surface area contributed by atoms with Crippen molar-refractivity contribution in [2.24, 2.45) is 5.73 Å². The van der Waals surface area contributed by atoms with E-state index < -0.39 is 0 Å². The van der Waals surface area contributed by atoms with Crippen molar-refractivity contribution in [3.63, 3.8) is 0 Å². The molecular formula is C18H35NO. The van der Waals surface area contributed by atoms with Crippen LogP contribution in [0, 0.1) is 0 Å². The van der Waals surface area contributed by atoms with Gasteiger partial charge >= 0.3 is 0 Å². The number of rotatable bonds is 13. The first-order valence-electron chi connectivity index (χ1n) is 8.97. The van der Waals surface area contributed by atoms with Crippen molar-refractivity contribution in [3.05, 3.63) is 0 Å². The Bertz CT molecular complexity index is 258. The van der Waals surface area contributed by atoms with Crippen molar-refractivity contribution in [3.8, 4) is 0 Å². The fourth-order valence-electron chi connectivity index (χ4n) is 3.10. The molecule has 1 aliphatic rings. The molecule has 0 unspecified atom stereocenters. The molecule has 0 aliphatic heterocycles. The summed E-state index contributed by atoms with van der Waals surface area (Å²) >= 11 is 0. The average molecular weight is 281 g/mol. The van der Waals surface area contributed by atoms with Gasteiger partial charge in [-0.3, -0.25) is 4.79 Å². The quantitative estimate of drug-likeness (QED) is 0.475. The Hall–Kier alpha value is -0.370. The minimum Gasteiger partial charge on any atom is -0.325 e. The monoisotopic (exact) mass is 281 g/mol. The van der Waals surface area contributed by atoms with Crippen molar-refractivity contribution >= 4 is 5.78 Å². The maximum absolute atomic E-state index is 11.8. The molecule has 0 spiro atoms. The molecule has 118 valence electrons. The van der Waals surface area contributed by atoms with Crippen molar-refractivity contribution < 1.29 is 4.79 Å². The Morgan fingerprint density at radius 3 is 1.85 bits per heavy atom. The highest BCUT2D eigenvalue weighted by Crippen LogP contribution is 2.32. The zero-order valence-electron chi connectivity index (χ0n) is 13.6. The molecular weight excluding hydrogens is 246 g/mol. The van der Waals surface area contributed by atoms with Crippen LogP contribution < -0.4 is 5.73 Å². The first-order valence-corrected chi connectivity index (χ1v) is 8.97. The van der Waals surface area contributed by atoms with E-state index in [4.69, 9.17) is 5.73 Å². The van der Waals surface area contributed by atoms with Gasteiger partial charge in [-0.25, -0.2) is 0 Å². The summed E-state index contributed by atoms with van der Waals surface area (Å²) in [6.45, 7) is 2.26. The molecule has 0 atom stereocenters. The Balaban J connectivity index is 1.81. The molecule has 2 heteroatoms. The number of Topliss-reactive ketones (excluding diaryl/α,β-unsaturated/α-hetero) is 1. The van der Waals surface area contributed by atoms with Gasteiger partial charge in [-0.05, 0) is 25.7 Å². The van der Waals surface area contributed by atoms with Gasteiger partial charge in [0.05, 0.1) is 0 Å². The standard InChI is InChI=1S/C18H35NO/c1-2-3-4-5-6-7-8-9-10-11-13-17(20)16-18(19)14-12-15-18/h2-16,19H2,1H3. The number of unbranched alkanes of at least 4 members (excludes halogenated alkanes) is 9. The summed E-state index contributed by atoms with van der Waals surface area (Å²) in [5.41, 5.74) is 5.99. The van der Waals surface area contributed by atoms with E-state index in [2.05, 4.69) is 6.92 Å². The zero-order valence-corrected chi connectivity index (χ0v) is 13.6. The molecule has 0 aromatic heterocycles.